The molecule has 0 spiro atoms. The zero-order chi connectivity index (χ0) is 18.1. The molecule has 6 nitrogen and oxygen atoms in total. The molecule has 0 bridgehead atoms. The molecule has 2 aliphatic rings. The van der Waals surface area contributed by atoms with Crippen LogP contribution >= 0.6 is 11.6 Å². The van der Waals surface area contributed by atoms with Crippen molar-refractivity contribution in [2.75, 3.05) is 30.0 Å². The van der Waals surface area contributed by atoms with Gasteiger partial charge in [-0.1, -0.05) is 18.5 Å². The number of carbonyl (C=O) groups is 1. The molecule has 7 heteroatoms. The van der Waals surface area contributed by atoms with Crippen molar-refractivity contribution in [1.82, 2.24) is 0 Å². The van der Waals surface area contributed by atoms with Crippen LogP contribution in [0.25, 0.3) is 0 Å². The highest BCUT2D eigenvalue weighted by Crippen LogP contribution is 2.37. The molecule has 2 aromatic carbocycles. The summed E-state index contributed by atoms with van der Waals surface area (Å²) in [6, 6.07) is 10.4. The maximum Gasteiger partial charge on any atom is 0.326 e. The molecule has 0 aliphatic carbocycles. The molecule has 1 atom stereocenters. The topological polar surface area (TPSA) is 60.0 Å². The van der Waals surface area contributed by atoms with E-state index in [-0.39, 0.29) is 12.1 Å². The van der Waals surface area contributed by atoms with Gasteiger partial charge in [0.05, 0.1) is 12.2 Å². The fourth-order valence-corrected chi connectivity index (χ4v) is 3.20. The van der Waals surface area contributed by atoms with Crippen LogP contribution in [0.4, 0.5) is 16.2 Å². The van der Waals surface area contributed by atoms with Crippen LogP contribution < -0.4 is 24.4 Å². The fraction of sp³-hybridized carbons (Fsp3) is 0.316. The van der Waals surface area contributed by atoms with Gasteiger partial charge in [-0.05, 0) is 36.8 Å². The second-order valence-corrected chi connectivity index (χ2v) is 6.60. The summed E-state index contributed by atoms with van der Waals surface area (Å²) >= 11 is 6.11. The number of hydrogen-bond acceptors (Lipinski definition) is 4. The number of urea groups is 1. The smallest absolute Gasteiger partial charge is 0.326 e. The number of anilines is 2. The molecule has 1 N–H and O–H groups in total. The average molecular weight is 375 g/mol. The van der Waals surface area contributed by atoms with Gasteiger partial charge >= 0.3 is 6.03 Å². The molecule has 2 aliphatic heterocycles. The van der Waals surface area contributed by atoms with Crippen LogP contribution in [0.15, 0.2) is 36.4 Å². The Morgan fingerprint density at radius 2 is 1.92 bits per heavy atom. The first kappa shape index (κ1) is 16.8. The first-order valence-corrected chi connectivity index (χ1v) is 8.96. The Labute approximate surface area is 156 Å². The summed E-state index contributed by atoms with van der Waals surface area (Å²) in [5.74, 6) is 1.97. The standard InChI is InChI=1S/C19H19ClN2O4/c1-2-14-11-22(15-9-12(20)3-5-16(15)26-14)19(23)21-13-4-6-17-18(10-13)25-8-7-24-17/h3-6,9-10,14H,2,7-8,11H2,1H3,(H,21,23)/t14-/m1/s1. The van der Waals surface area contributed by atoms with Crippen molar-refractivity contribution in [2.45, 2.75) is 19.4 Å². The Kier molecular flexibility index (Phi) is 4.51. The number of amides is 2. The molecule has 2 amide bonds. The number of halogens is 1. The van der Waals surface area contributed by atoms with Crippen LogP contribution in [0.1, 0.15) is 13.3 Å². The van der Waals surface area contributed by atoms with Crippen molar-refractivity contribution >= 4 is 29.0 Å². The van der Waals surface area contributed by atoms with Crippen molar-refractivity contribution in [3.05, 3.63) is 41.4 Å². The summed E-state index contributed by atoms with van der Waals surface area (Å²) in [5, 5.41) is 3.47. The van der Waals surface area contributed by atoms with Crippen LogP contribution in [-0.4, -0.2) is 31.9 Å². The van der Waals surface area contributed by atoms with Crippen LogP contribution in [0.3, 0.4) is 0 Å². The zero-order valence-corrected chi connectivity index (χ0v) is 15.1. The normalized spacial score (nSPS) is 17.9. The molecule has 26 heavy (non-hydrogen) atoms. The van der Waals surface area contributed by atoms with Gasteiger partial charge in [-0.25, -0.2) is 4.79 Å². The third-order valence-electron chi connectivity index (χ3n) is 4.39. The van der Waals surface area contributed by atoms with Crippen molar-refractivity contribution in [3.63, 3.8) is 0 Å². The van der Waals surface area contributed by atoms with E-state index in [9.17, 15) is 4.79 Å². The van der Waals surface area contributed by atoms with E-state index in [4.69, 9.17) is 25.8 Å². The lowest BCUT2D eigenvalue weighted by Crippen LogP contribution is -2.45. The van der Waals surface area contributed by atoms with Gasteiger partial charge in [0, 0.05) is 16.8 Å². The molecule has 4 rings (SSSR count). The lowest BCUT2D eigenvalue weighted by atomic mass is 10.1. The lowest BCUT2D eigenvalue weighted by molar-refractivity contribution is 0.171. The number of benzene rings is 2. The van der Waals surface area contributed by atoms with Gasteiger partial charge in [-0.2, -0.15) is 0 Å². The van der Waals surface area contributed by atoms with Gasteiger partial charge < -0.3 is 19.5 Å². The summed E-state index contributed by atoms with van der Waals surface area (Å²) in [7, 11) is 0. The van der Waals surface area contributed by atoms with E-state index in [0.717, 1.165) is 6.42 Å². The predicted molar refractivity (Wildman–Crippen MR) is 100.0 cm³/mol. The minimum atomic E-state index is -0.244. The number of fused-ring (bicyclic) bond motifs is 2. The van der Waals surface area contributed by atoms with E-state index < -0.39 is 0 Å². The van der Waals surface area contributed by atoms with Gasteiger partial charge in [-0.15, -0.1) is 0 Å². The van der Waals surface area contributed by atoms with Crippen LogP contribution in [0.5, 0.6) is 17.2 Å². The van der Waals surface area contributed by atoms with E-state index in [1.54, 1.807) is 41.3 Å². The monoisotopic (exact) mass is 374 g/mol. The summed E-state index contributed by atoms with van der Waals surface area (Å²) in [6.07, 6.45) is 0.741. The molecule has 0 saturated carbocycles. The molecule has 136 valence electrons. The number of carbonyl (C=O) groups excluding carboxylic acids is 1. The predicted octanol–water partition coefficient (Wildman–Crippen LogP) is 4.32. The largest absolute Gasteiger partial charge is 0.486 e. The first-order chi connectivity index (χ1) is 12.6. The number of rotatable bonds is 2. The Balaban J connectivity index is 1.58. The maximum absolute atomic E-state index is 12.9. The van der Waals surface area contributed by atoms with Crippen LogP contribution in [-0.2, 0) is 0 Å². The maximum atomic E-state index is 12.9. The summed E-state index contributed by atoms with van der Waals surface area (Å²) in [5.41, 5.74) is 1.31. The summed E-state index contributed by atoms with van der Waals surface area (Å²) < 4.78 is 17.0. The van der Waals surface area contributed by atoms with Gasteiger partial charge in [0.25, 0.3) is 0 Å². The third-order valence-corrected chi connectivity index (χ3v) is 4.62. The van der Waals surface area contributed by atoms with Gasteiger partial charge in [0.2, 0.25) is 0 Å². The van der Waals surface area contributed by atoms with Gasteiger partial charge in [0.1, 0.15) is 25.1 Å². The molecule has 2 heterocycles. The quantitative estimate of drug-likeness (QED) is 0.850. The Hall–Kier alpha value is -2.60. The first-order valence-electron chi connectivity index (χ1n) is 8.58. The lowest BCUT2D eigenvalue weighted by Gasteiger charge is -2.34. The summed E-state index contributed by atoms with van der Waals surface area (Å²) in [4.78, 5) is 14.6. The molecule has 0 unspecified atom stereocenters. The Morgan fingerprint density at radius 1 is 1.15 bits per heavy atom. The van der Waals surface area contributed by atoms with Crippen molar-refractivity contribution in [2.24, 2.45) is 0 Å². The second kappa shape index (κ2) is 6.96. The third kappa shape index (κ3) is 3.24. The Morgan fingerprint density at radius 3 is 2.73 bits per heavy atom. The highest BCUT2D eigenvalue weighted by atomic mass is 35.5. The minimum absolute atomic E-state index is 0.0605. The highest BCUT2D eigenvalue weighted by molar-refractivity contribution is 6.31. The van der Waals surface area contributed by atoms with Gasteiger partial charge in [-0.3, -0.25) is 4.90 Å². The molecule has 2 aromatic rings. The molecule has 0 radical (unpaired) electrons. The zero-order valence-electron chi connectivity index (χ0n) is 14.3. The second-order valence-electron chi connectivity index (χ2n) is 6.16. The number of nitrogens with zero attached hydrogens (tertiary/aromatic N) is 1. The fourth-order valence-electron chi connectivity index (χ4n) is 3.04. The van der Waals surface area contributed by atoms with Crippen molar-refractivity contribution in [3.8, 4) is 17.2 Å². The molecular weight excluding hydrogens is 356 g/mol. The van der Waals surface area contributed by atoms with Crippen molar-refractivity contribution < 1.29 is 19.0 Å². The van der Waals surface area contributed by atoms with Crippen LogP contribution in [0.2, 0.25) is 5.02 Å². The Bertz CT molecular complexity index is 842. The summed E-state index contributed by atoms with van der Waals surface area (Å²) in [6.45, 7) is 3.52. The highest BCUT2D eigenvalue weighted by Gasteiger charge is 2.29. The van der Waals surface area contributed by atoms with E-state index in [0.29, 0.717) is 53.4 Å². The van der Waals surface area contributed by atoms with E-state index in [1.807, 2.05) is 6.92 Å². The van der Waals surface area contributed by atoms with E-state index in [1.165, 1.54) is 0 Å². The molecule has 0 saturated heterocycles. The molecule has 0 fully saturated rings. The number of hydrogen-bond donors (Lipinski definition) is 1. The number of nitrogens with one attached hydrogen (secondary N) is 1. The van der Waals surface area contributed by atoms with Crippen LogP contribution in [0, 0.1) is 0 Å². The van der Waals surface area contributed by atoms with Gasteiger partial charge in [0.15, 0.2) is 11.5 Å². The number of ether oxygens (including phenoxy) is 3. The van der Waals surface area contributed by atoms with Crippen molar-refractivity contribution in [1.29, 1.82) is 0 Å². The van der Waals surface area contributed by atoms with E-state index >= 15 is 0 Å². The molecular formula is C19H19ClN2O4. The molecule has 0 aromatic heterocycles. The SMILES string of the molecule is CC[C@@H]1CN(C(=O)Nc2ccc3c(c2)OCCO3)c2cc(Cl)ccc2O1. The average Bonchev–Trinajstić information content (AvgIpc) is 2.67. The minimum Gasteiger partial charge on any atom is -0.486 e. The van der Waals surface area contributed by atoms with E-state index in [2.05, 4.69) is 5.32 Å².